The van der Waals surface area contributed by atoms with Crippen molar-refractivity contribution in [3.8, 4) is 11.5 Å². The standard InChI is InChI=1S/C20H25BrN2O3/c1-13(2)8-19(24)23-16-7-5-6-15(11-16)22-12-14-9-17(21)20(26-4)18(10-14)25-3/h5-7,9-11,13,22H,8,12H2,1-4H3,(H,23,24). The van der Waals surface area contributed by atoms with Crippen LogP contribution in [0.2, 0.25) is 0 Å². The van der Waals surface area contributed by atoms with Gasteiger partial charge in [-0.1, -0.05) is 19.9 Å². The SMILES string of the molecule is COc1cc(CNc2cccc(NC(=O)CC(C)C)c2)cc(Br)c1OC. The summed E-state index contributed by atoms with van der Waals surface area (Å²) in [6, 6.07) is 11.6. The minimum absolute atomic E-state index is 0.0287. The Morgan fingerprint density at radius 3 is 2.50 bits per heavy atom. The van der Waals surface area contributed by atoms with E-state index < -0.39 is 0 Å². The lowest BCUT2D eigenvalue weighted by atomic mass is 10.1. The largest absolute Gasteiger partial charge is 0.493 e. The fourth-order valence-corrected chi connectivity index (χ4v) is 3.22. The van der Waals surface area contributed by atoms with E-state index in [1.807, 2.05) is 50.2 Å². The zero-order valence-electron chi connectivity index (χ0n) is 15.6. The smallest absolute Gasteiger partial charge is 0.224 e. The molecule has 0 fully saturated rings. The molecule has 1 amide bonds. The molecule has 2 aromatic carbocycles. The first-order valence-corrected chi connectivity index (χ1v) is 9.26. The van der Waals surface area contributed by atoms with Crippen LogP contribution in [0.25, 0.3) is 0 Å². The summed E-state index contributed by atoms with van der Waals surface area (Å²) >= 11 is 3.50. The predicted octanol–water partition coefficient (Wildman–Crippen LogP) is 5.06. The summed E-state index contributed by atoms with van der Waals surface area (Å²) in [7, 11) is 3.23. The van der Waals surface area contributed by atoms with Crippen molar-refractivity contribution in [3.05, 3.63) is 46.4 Å². The zero-order chi connectivity index (χ0) is 19.1. The molecule has 0 aliphatic heterocycles. The summed E-state index contributed by atoms with van der Waals surface area (Å²) in [4.78, 5) is 11.9. The molecular formula is C20H25BrN2O3. The maximum absolute atomic E-state index is 11.9. The molecule has 0 aliphatic carbocycles. The van der Waals surface area contributed by atoms with Crippen molar-refractivity contribution < 1.29 is 14.3 Å². The lowest BCUT2D eigenvalue weighted by molar-refractivity contribution is -0.116. The molecule has 2 N–H and O–H groups in total. The summed E-state index contributed by atoms with van der Waals surface area (Å²) in [5.74, 6) is 1.71. The third kappa shape index (κ3) is 5.66. The highest BCUT2D eigenvalue weighted by Gasteiger charge is 2.10. The van der Waals surface area contributed by atoms with E-state index in [0.29, 0.717) is 30.4 Å². The van der Waals surface area contributed by atoms with Crippen molar-refractivity contribution in [2.24, 2.45) is 5.92 Å². The van der Waals surface area contributed by atoms with Crippen molar-refractivity contribution >= 4 is 33.2 Å². The number of carbonyl (C=O) groups is 1. The average Bonchev–Trinajstić information content (AvgIpc) is 2.59. The van der Waals surface area contributed by atoms with Crippen LogP contribution in [0.4, 0.5) is 11.4 Å². The minimum Gasteiger partial charge on any atom is -0.493 e. The molecule has 5 nitrogen and oxygen atoms in total. The molecule has 6 heteroatoms. The maximum Gasteiger partial charge on any atom is 0.224 e. The second-order valence-corrected chi connectivity index (χ2v) is 7.25. The number of rotatable bonds is 8. The number of ether oxygens (including phenoxy) is 2. The number of carbonyl (C=O) groups excluding carboxylic acids is 1. The molecule has 0 heterocycles. The predicted molar refractivity (Wildman–Crippen MR) is 109 cm³/mol. The topological polar surface area (TPSA) is 59.6 Å². The van der Waals surface area contributed by atoms with Gasteiger partial charge in [-0.05, 0) is 57.7 Å². The number of hydrogen-bond donors (Lipinski definition) is 2. The fourth-order valence-electron chi connectivity index (χ4n) is 2.57. The monoisotopic (exact) mass is 420 g/mol. The Kier molecular flexibility index (Phi) is 7.33. The third-order valence-electron chi connectivity index (χ3n) is 3.73. The molecule has 0 spiro atoms. The zero-order valence-corrected chi connectivity index (χ0v) is 17.1. The van der Waals surface area contributed by atoms with E-state index in [1.54, 1.807) is 14.2 Å². The van der Waals surface area contributed by atoms with Gasteiger partial charge in [0.05, 0.1) is 18.7 Å². The van der Waals surface area contributed by atoms with Crippen molar-refractivity contribution in [2.45, 2.75) is 26.8 Å². The molecule has 26 heavy (non-hydrogen) atoms. The van der Waals surface area contributed by atoms with Gasteiger partial charge in [-0.3, -0.25) is 4.79 Å². The van der Waals surface area contributed by atoms with Crippen LogP contribution < -0.4 is 20.1 Å². The first kappa shape index (κ1) is 20.1. The molecule has 0 aliphatic rings. The van der Waals surface area contributed by atoms with E-state index in [9.17, 15) is 4.79 Å². The number of benzene rings is 2. The van der Waals surface area contributed by atoms with E-state index in [1.165, 1.54) is 0 Å². The van der Waals surface area contributed by atoms with E-state index in [0.717, 1.165) is 21.4 Å². The van der Waals surface area contributed by atoms with Gasteiger partial charge in [0.2, 0.25) is 5.91 Å². The lowest BCUT2D eigenvalue weighted by Crippen LogP contribution is -2.13. The molecule has 0 aromatic heterocycles. The number of hydrogen-bond acceptors (Lipinski definition) is 4. The molecule has 0 saturated carbocycles. The highest BCUT2D eigenvalue weighted by molar-refractivity contribution is 9.10. The lowest BCUT2D eigenvalue weighted by Gasteiger charge is -2.14. The highest BCUT2D eigenvalue weighted by atomic mass is 79.9. The molecule has 0 unspecified atom stereocenters. The fraction of sp³-hybridized carbons (Fsp3) is 0.350. The van der Waals surface area contributed by atoms with Crippen LogP contribution in [0.3, 0.4) is 0 Å². The molecule has 0 bridgehead atoms. The van der Waals surface area contributed by atoms with Gasteiger partial charge < -0.3 is 20.1 Å². The van der Waals surface area contributed by atoms with Crippen LogP contribution in [0.5, 0.6) is 11.5 Å². The van der Waals surface area contributed by atoms with Crippen LogP contribution in [-0.2, 0) is 11.3 Å². The number of nitrogens with one attached hydrogen (secondary N) is 2. The van der Waals surface area contributed by atoms with Gasteiger partial charge in [0.1, 0.15) is 0 Å². The quantitative estimate of drug-likeness (QED) is 0.626. The number of amides is 1. The summed E-state index contributed by atoms with van der Waals surface area (Å²) in [6.07, 6.45) is 0.511. The summed E-state index contributed by atoms with van der Waals surface area (Å²) < 4.78 is 11.5. The minimum atomic E-state index is 0.0287. The Hall–Kier alpha value is -2.21. The molecule has 2 aromatic rings. The van der Waals surface area contributed by atoms with Crippen LogP contribution in [0.1, 0.15) is 25.8 Å². The average molecular weight is 421 g/mol. The van der Waals surface area contributed by atoms with Crippen molar-refractivity contribution in [1.29, 1.82) is 0 Å². The second kappa shape index (κ2) is 9.48. The van der Waals surface area contributed by atoms with Gasteiger partial charge in [-0.25, -0.2) is 0 Å². The van der Waals surface area contributed by atoms with Gasteiger partial charge in [0.15, 0.2) is 11.5 Å². The molecular weight excluding hydrogens is 396 g/mol. The van der Waals surface area contributed by atoms with Crippen molar-refractivity contribution in [2.75, 3.05) is 24.9 Å². The van der Waals surface area contributed by atoms with E-state index >= 15 is 0 Å². The van der Waals surface area contributed by atoms with Crippen LogP contribution in [-0.4, -0.2) is 20.1 Å². The van der Waals surface area contributed by atoms with Gasteiger partial charge in [-0.15, -0.1) is 0 Å². The summed E-state index contributed by atoms with van der Waals surface area (Å²) in [5.41, 5.74) is 2.76. The number of anilines is 2. The van der Waals surface area contributed by atoms with Crippen molar-refractivity contribution in [3.63, 3.8) is 0 Å². The molecule has 2 rings (SSSR count). The number of halogens is 1. The molecule has 0 saturated heterocycles. The van der Waals surface area contributed by atoms with Crippen LogP contribution in [0, 0.1) is 5.92 Å². The summed E-state index contributed by atoms with van der Waals surface area (Å²) in [5, 5.41) is 6.29. The second-order valence-electron chi connectivity index (χ2n) is 6.39. The van der Waals surface area contributed by atoms with Gasteiger partial charge in [-0.2, -0.15) is 0 Å². The Labute approximate surface area is 163 Å². The van der Waals surface area contributed by atoms with Crippen LogP contribution >= 0.6 is 15.9 Å². The Bertz CT molecular complexity index is 763. The molecule has 0 radical (unpaired) electrons. The number of methoxy groups -OCH3 is 2. The normalized spacial score (nSPS) is 10.5. The third-order valence-corrected chi connectivity index (χ3v) is 4.32. The maximum atomic E-state index is 11.9. The van der Waals surface area contributed by atoms with E-state index in [4.69, 9.17) is 9.47 Å². The van der Waals surface area contributed by atoms with E-state index in [2.05, 4.69) is 26.6 Å². The van der Waals surface area contributed by atoms with Crippen LogP contribution in [0.15, 0.2) is 40.9 Å². The highest BCUT2D eigenvalue weighted by Crippen LogP contribution is 2.36. The molecule has 140 valence electrons. The molecule has 0 atom stereocenters. The Balaban J connectivity index is 2.05. The van der Waals surface area contributed by atoms with Gasteiger partial charge in [0.25, 0.3) is 0 Å². The Morgan fingerprint density at radius 2 is 1.85 bits per heavy atom. The first-order valence-electron chi connectivity index (χ1n) is 8.47. The van der Waals surface area contributed by atoms with E-state index in [-0.39, 0.29) is 5.91 Å². The Morgan fingerprint density at radius 1 is 1.12 bits per heavy atom. The first-order chi connectivity index (χ1) is 12.4. The van der Waals surface area contributed by atoms with Crippen molar-refractivity contribution in [1.82, 2.24) is 0 Å². The van der Waals surface area contributed by atoms with Gasteiger partial charge >= 0.3 is 0 Å². The van der Waals surface area contributed by atoms with Gasteiger partial charge in [0, 0.05) is 24.3 Å². The summed E-state index contributed by atoms with van der Waals surface area (Å²) in [6.45, 7) is 4.67.